The largest absolute Gasteiger partial charge is 0.505 e. The maximum absolute atomic E-state index is 12.1. The lowest BCUT2D eigenvalue weighted by atomic mass is 9.93. The van der Waals surface area contributed by atoms with Gasteiger partial charge in [0, 0.05) is 10.0 Å². The van der Waals surface area contributed by atoms with Crippen molar-refractivity contribution in [1.29, 1.82) is 0 Å². The van der Waals surface area contributed by atoms with Gasteiger partial charge in [-0.25, -0.2) is 9.21 Å². The first kappa shape index (κ1) is 23.0. The predicted molar refractivity (Wildman–Crippen MR) is 152 cm³/mol. The molecule has 5 nitrogen and oxygen atoms in total. The maximum atomic E-state index is 12.1. The van der Waals surface area contributed by atoms with Crippen LogP contribution in [0.2, 0.25) is 0 Å². The summed E-state index contributed by atoms with van der Waals surface area (Å²) in [5, 5.41) is 32.1. The second-order valence-corrected chi connectivity index (χ2v) is 11.7. The van der Waals surface area contributed by atoms with Crippen LogP contribution in [0.3, 0.4) is 0 Å². The van der Waals surface area contributed by atoms with Gasteiger partial charge in [-0.1, -0.05) is 22.0 Å². The van der Waals surface area contributed by atoms with E-state index in [-0.39, 0.29) is 17.1 Å². The molecular weight excluding hydrogens is 908 g/mol. The summed E-state index contributed by atoms with van der Waals surface area (Å²) in [6.45, 7) is 0. The van der Waals surface area contributed by atoms with Gasteiger partial charge in [0.15, 0.2) is 18.6 Å². The van der Waals surface area contributed by atoms with Crippen LogP contribution >= 0.6 is 106 Å². The number of rotatable bonds is 2. The van der Waals surface area contributed by atoms with Crippen LogP contribution in [0.4, 0.5) is 0 Å². The molecule has 30 heavy (non-hydrogen) atoms. The van der Waals surface area contributed by atoms with Crippen molar-refractivity contribution in [3.8, 4) is 22.6 Å². The fraction of sp³-hybridized carbons (Fsp3) is 0. The number of benzene rings is 3. The highest BCUT2D eigenvalue weighted by Crippen LogP contribution is 2.46. The summed E-state index contributed by atoms with van der Waals surface area (Å²) < 4.78 is 9.10. The minimum absolute atomic E-state index is 0.0942. The van der Waals surface area contributed by atoms with Crippen LogP contribution in [-0.2, 0) is 0 Å². The highest BCUT2D eigenvalue weighted by molar-refractivity contribution is 14.1. The number of halogens is 5. The molecule has 0 spiro atoms. The Morgan fingerprint density at radius 1 is 0.867 bits per heavy atom. The standard InChI is InChI=1S/C20H7BrI4O5/c21-6-1-2-7(8(3-6)20(28)29)13-9-4-11(22)16(26)14(24)18(9)30-19-10(13)5-12(23)17(27)15(19)25/h1-5H,(H2-,26,27,28,29)/p+1. The number of aromatic carboxylic acids is 1. The average Bonchev–Trinajstić information content (AvgIpc) is 2.70. The van der Waals surface area contributed by atoms with E-state index in [0.717, 1.165) is 0 Å². The summed E-state index contributed by atoms with van der Waals surface area (Å²) in [4.78, 5) is 12.1. The Labute approximate surface area is 232 Å². The van der Waals surface area contributed by atoms with E-state index in [9.17, 15) is 20.1 Å². The maximum Gasteiger partial charge on any atom is 0.378 e. The van der Waals surface area contributed by atoms with Crippen molar-refractivity contribution in [2.24, 2.45) is 0 Å². The zero-order valence-electron chi connectivity index (χ0n) is 14.4. The smallest absolute Gasteiger partial charge is 0.378 e. The Morgan fingerprint density at radius 3 is 1.83 bits per heavy atom. The van der Waals surface area contributed by atoms with Crippen LogP contribution < -0.4 is 0 Å². The average molecular weight is 916 g/mol. The number of fused-ring (bicyclic) bond motifs is 2. The first-order valence-corrected chi connectivity index (χ1v) is 13.2. The zero-order chi connectivity index (χ0) is 21.9. The lowest BCUT2D eigenvalue weighted by Crippen LogP contribution is -2.01. The van der Waals surface area contributed by atoms with Crippen molar-refractivity contribution < 1.29 is 24.5 Å². The first-order valence-electron chi connectivity index (χ1n) is 8.12. The van der Waals surface area contributed by atoms with Gasteiger partial charge in [-0.2, -0.15) is 0 Å². The quantitative estimate of drug-likeness (QED) is 0.109. The van der Waals surface area contributed by atoms with Gasteiger partial charge < -0.3 is 15.3 Å². The highest BCUT2D eigenvalue weighted by Gasteiger charge is 2.31. The second-order valence-electron chi connectivity index (χ2n) is 6.27. The SMILES string of the molecule is O=C(O)c1cc(Br)ccc1-c1c2cc(I)c(O)c(I)c2[o+]c2c(I)c(O)c(I)cc12. The van der Waals surface area contributed by atoms with E-state index < -0.39 is 5.97 Å². The molecule has 3 N–H and O–H groups in total. The normalized spacial score (nSPS) is 11.4. The zero-order valence-corrected chi connectivity index (χ0v) is 24.7. The molecule has 0 aliphatic heterocycles. The van der Waals surface area contributed by atoms with Gasteiger partial charge in [-0.05, 0) is 120 Å². The summed E-state index contributed by atoms with van der Waals surface area (Å²) in [6, 6.07) is 8.67. The lowest BCUT2D eigenvalue weighted by molar-refractivity contribution is 0.0697. The molecule has 0 saturated heterocycles. The molecule has 1 heterocycles. The third-order valence-electron chi connectivity index (χ3n) is 4.52. The van der Waals surface area contributed by atoms with Crippen molar-refractivity contribution in [2.45, 2.75) is 0 Å². The third kappa shape index (κ3) is 3.77. The van der Waals surface area contributed by atoms with Crippen LogP contribution in [0.25, 0.3) is 33.1 Å². The third-order valence-corrected chi connectivity index (χ3v) is 8.66. The number of hydrogen-bond acceptors (Lipinski definition) is 3. The van der Waals surface area contributed by atoms with Crippen LogP contribution in [0, 0.1) is 14.3 Å². The number of hydrogen-bond donors (Lipinski definition) is 3. The number of carboxylic acid groups (broad SMARTS) is 1. The molecule has 0 unspecified atom stereocenters. The molecule has 0 aliphatic rings. The van der Waals surface area contributed by atoms with Gasteiger partial charge in [-0.3, -0.25) is 0 Å². The number of aromatic hydroxyl groups is 2. The minimum atomic E-state index is -1.06. The van der Waals surface area contributed by atoms with Crippen molar-refractivity contribution in [3.63, 3.8) is 0 Å². The molecule has 3 aromatic carbocycles. The second kappa shape index (κ2) is 8.62. The van der Waals surface area contributed by atoms with Gasteiger partial charge in [0.2, 0.25) is 0 Å². The number of carboxylic acids is 1. The predicted octanol–water partition coefficient (Wildman–Crippen LogP) is 7.82. The number of phenols is 2. The first-order chi connectivity index (χ1) is 14.1. The van der Waals surface area contributed by atoms with Gasteiger partial charge in [0.1, 0.15) is 0 Å². The molecule has 0 amide bonds. The molecule has 10 heteroatoms. The molecule has 0 atom stereocenters. The molecule has 0 fully saturated rings. The Kier molecular flexibility index (Phi) is 6.61. The van der Waals surface area contributed by atoms with Gasteiger partial charge in [0.25, 0.3) is 0 Å². The minimum Gasteiger partial charge on any atom is -0.505 e. The Morgan fingerprint density at radius 2 is 1.37 bits per heavy atom. The van der Waals surface area contributed by atoms with Crippen LogP contribution in [0.5, 0.6) is 11.5 Å². The van der Waals surface area contributed by atoms with E-state index in [1.807, 2.05) is 90.4 Å². The van der Waals surface area contributed by atoms with Gasteiger partial charge in [0.05, 0.1) is 23.5 Å². The van der Waals surface area contributed by atoms with Gasteiger partial charge >= 0.3 is 17.1 Å². The van der Waals surface area contributed by atoms with E-state index in [1.165, 1.54) is 0 Å². The summed E-state index contributed by atoms with van der Waals surface area (Å²) in [7, 11) is 0. The monoisotopic (exact) mass is 915 g/mol. The topological polar surface area (TPSA) is 89.1 Å². The Hall–Kier alpha value is -0.200. The summed E-state index contributed by atoms with van der Waals surface area (Å²) in [6.07, 6.45) is 0. The fourth-order valence-electron chi connectivity index (χ4n) is 3.20. The van der Waals surface area contributed by atoms with E-state index >= 15 is 0 Å². The van der Waals surface area contributed by atoms with E-state index in [1.54, 1.807) is 30.3 Å². The van der Waals surface area contributed by atoms with Gasteiger partial charge in [-0.15, -0.1) is 0 Å². The fourth-order valence-corrected chi connectivity index (χ4v) is 7.14. The molecule has 0 radical (unpaired) electrons. The van der Waals surface area contributed by atoms with Crippen LogP contribution in [0.1, 0.15) is 10.4 Å². The molecule has 4 aromatic rings. The van der Waals surface area contributed by atoms with E-state index in [4.69, 9.17) is 4.42 Å². The Bertz CT molecular complexity index is 1330. The van der Waals surface area contributed by atoms with Crippen molar-refractivity contribution >= 4 is 134 Å². The number of phenolic OH excluding ortho intramolecular Hbond substituents is 2. The molecule has 1 aromatic heterocycles. The van der Waals surface area contributed by atoms with E-state index in [0.29, 0.717) is 51.8 Å². The molecule has 0 bridgehead atoms. The highest BCUT2D eigenvalue weighted by atomic mass is 127. The van der Waals surface area contributed by atoms with Crippen molar-refractivity contribution in [3.05, 3.63) is 54.6 Å². The molecule has 0 saturated carbocycles. The number of carbonyl (C=O) groups is 1. The lowest BCUT2D eigenvalue weighted by Gasteiger charge is -2.12. The van der Waals surface area contributed by atoms with Crippen LogP contribution in [0.15, 0.2) is 39.2 Å². The molecule has 4 rings (SSSR count). The van der Waals surface area contributed by atoms with Crippen LogP contribution in [-0.4, -0.2) is 21.3 Å². The van der Waals surface area contributed by atoms with Crippen molar-refractivity contribution in [2.75, 3.05) is 0 Å². The van der Waals surface area contributed by atoms with Crippen molar-refractivity contribution in [1.82, 2.24) is 0 Å². The molecule has 0 aliphatic carbocycles. The summed E-state index contributed by atoms with van der Waals surface area (Å²) >= 11 is 11.5. The molecular formula is C20H8BrI4O5+. The van der Waals surface area contributed by atoms with E-state index in [2.05, 4.69) is 15.9 Å². The summed E-state index contributed by atoms with van der Waals surface area (Å²) in [5.74, 6) is -0.867. The summed E-state index contributed by atoms with van der Waals surface area (Å²) in [5.41, 5.74) is 2.17. The Balaban J connectivity index is 2.34. The molecule has 152 valence electrons.